The number of nitrogens with one attached hydrogen (secondary N) is 1. The molecule has 2 saturated heterocycles. The third-order valence-corrected chi connectivity index (χ3v) is 4.34. The van der Waals surface area contributed by atoms with Crippen molar-refractivity contribution < 1.29 is 4.79 Å². The number of hydrogen-bond donors (Lipinski definition) is 1. The first-order valence-electron chi connectivity index (χ1n) is 5.33. The van der Waals surface area contributed by atoms with Crippen LogP contribution in [-0.4, -0.2) is 48.5 Å². The van der Waals surface area contributed by atoms with E-state index >= 15 is 0 Å². The molecule has 80 valence electrons. The second-order valence-electron chi connectivity index (χ2n) is 4.24. The summed E-state index contributed by atoms with van der Waals surface area (Å²) < 4.78 is 0. The van der Waals surface area contributed by atoms with Gasteiger partial charge in [-0.25, -0.2) is 0 Å². The lowest BCUT2D eigenvalue weighted by Crippen LogP contribution is -2.39. The van der Waals surface area contributed by atoms with Crippen LogP contribution in [0.1, 0.15) is 12.8 Å². The van der Waals surface area contributed by atoms with Crippen LogP contribution in [0.3, 0.4) is 0 Å². The molecule has 0 aromatic carbocycles. The number of hydrogen-bond acceptors (Lipinski definition) is 3. The van der Waals surface area contributed by atoms with Gasteiger partial charge in [-0.05, 0) is 36.8 Å². The summed E-state index contributed by atoms with van der Waals surface area (Å²) in [5.41, 5.74) is 0. The molecule has 3 nitrogen and oxygen atoms in total. The molecular weight excluding hydrogens is 196 g/mol. The Labute approximate surface area is 89.6 Å². The van der Waals surface area contributed by atoms with Gasteiger partial charge in [0.15, 0.2) is 0 Å². The molecule has 2 atom stereocenters. The number of rotatable bonds is 3. The molecule has 2 aliphatic heterocycles. The standard InChI is InChI=1S/C10H18N2OS/c1-12-4-2-9(10(12)13)11-6-8-3-5-14-7-8/h8-9,11H,2-7H2,1H3. The van der Waals surface area contributed by atoms with Crippen LogP contribution >= 0.6 is 11.8 Å². The molecule has 0 aliphatic carbocycles. The van der Waals surface area contributed by atoms with E-state index in [0.717, 1.165) is 25.4 Å². The third-order valence-electron chi connectivity index (χ3n) is 3.10. The summed E-state index contributed by atoms with van der Waals surface area (Å²) >= 11 is 2.03. The van der Waals surface area contributed by atoms with Crippen molar-refractivity contribution in [2.75, 3.05) is 31.6 Å². The van der Waals surface area contributed by atoms with Gasteiger partial charge in [-0.1, -0.05) is 0 Å². The Bertz CT molecular complexity index is 216. The van der Waals surface area contributed by atoms with Gasteiger partial charge >= 0.3 is 0 Å². The highest BCUT2D eigenvalue weighted by Gasteiger charge is 2.29. The number of likely N-dealkylation sites (N-methyl/N-ethyl adjacent to an activating group) is 1. The van der Waals surface area contributed by atoms with E-state index in [4.69, 9.17) is 0 Å². The van der Waals surface area contributed by atoms with E-state index in [1.54, 1.807) is 0 Å². The van der Waals surface area contributed by atoms with Crippen molar-refractivity contribution in [3.05, 3.63) is 0 Å². The zero-order chi connectivity index (χ0) is 9.97. The van der Waals surface area contributed by atoms with Crippen LogP contribution in [0.5, 0.6) is 0 Å². The maximum atomic E-state index is 11.6. The van der Waals surface area contributed by atoms with Crippen molar-refractivity contribution in [1.82, 2.24) is 10.2 Å². The maximum Gasteiger partial charge on any atom is 0.239 e. The topological polar surface area (TPSA) is 32.3 Å². The molecule has 2 unspecified atom stereocenters. The van der Waals surface area contributed by atoms with Gasteiger partial charge in [-0.2, -0.15) is 11.8 Å². The highest BCUT2D eigenvalue weighted by Crippen LogP contribution is 2.23. The van der Waals surface area contributed by atoms with E-state index in [2.05, 4.69) is 5.32 Å². The van der Waals surface area contributed by atoms with Gasteiger partial charge in [-0.15, -0.1) is 0 Å². The van der Waals surface area contributed by atoms with Crippen molar-refractivity contribution in [3.8, 4) is 0 Å². The smallest absolute Gasteiger partial charge is 0.239 e. The van der Waals surface area contributed by atoms with E-state index in [1.165, 1.54) is 17.9 Å². The normalized spacial score (nSPS) is 32.9. The molecule has 0 aromatic heterocycles. The number of nitrogens with zero attached hydrogens (tertiary/aromatic N) is 1. The second kappa shape index (κ2) is 4.53. The predicted molar refractivity (Wildman–Crippen MR) is 59.5 cm³/mol. The largest absolute Gasteiger partial charge is 0.344 e. The molecule has 2 aliphatic rings. The lowest BCUT2D eigenvalue weighted by atomic mass is 10.1. The Morgan fingerprint density at radius 2 is 2.43 bits per heavy atom. The summed E-state index contributed by atoms with van der Waals surface area (Å²) in [5, 5.41) is 3.40. The van der Waals surface area contributed by atoms with Gasteiger partial charge in [0, 0.05) is 13.6 Å². The fourth-order valence-corrected chi connectivity index (χ4v) is 3.35. The third kappa shape index (κ3) is 2.23. The minimum atomic E-state index is 0.102. The van der Waals surface area contributed by atoms with E-state index in [1.807, 2.05) is 23.7 Å². The van der Waals surface area contributed by atoms with E-state index in [-0.39, 0.29) is 11.9 Å². The zero-order valence-corrected chi connectivity index (χ0v) is 9.48. The SMILES string of the molecule is CN1CCC(NCC2CCSC2)C1=O. The fourth-order valence-electron chi connectivity index (χ4n) is 2.07. The first-order chi connectivity index (χ1) is 6.77. The Kier molecular flexibility index (Phi) is 3.34. The number of likely N-dealkylation sites (tertiary alicyclic amines) is 1. The van der Waals surface area contributed by atoms with Crippen LogP contribution < -0.4 is 5.32 Å². The minimum Gasteiger partial charge on any atom is -0.344 e. The summed E-state index contributed by atoms with van der Waals surface area (Å²) in [4.78, 5) is 13.4. The minimum absolute atomic E-state index is 0.102. The number of amides is 1. The average Bonchev–Trinajstić information content (AvgIpc) is 2.77. The van der Waals surface area contributed by atoms with Crippen LogP contribution in [-0.2, 0) is 4.79 Å². The van der Waals surface area contributed by atoms with Gasteiger partial charge in [0.1, 0.15) is 0 Å². The molecule has 0 bridgehead atoms. The molecule has 2 heterocycles. The van der Waals surface area contributed by atoms with Crippen molar-refractivity contribution in [2.24, 2.45) is 5.92 Å². The van der Waals surface area contributed by atoms with Crippen molar-refractivity contribution in [1.29, 1.82) is 0 Å². The van der Waals surface area contributed by atoms with Crippen molar-refractivity contribution in [2.45, 2.75) is 18.9 Å². The van der Waals surface area contributed by atoms with Crippen LogP contribution in [0.25, 0.3) is 0 Å². The second-order valence-corrected chi connectivity index (χ2v) is 5.39. The Hall–Kier alpha value is -0.220. The molecule has 0 saturated carbocycles. The van der Waals surface area contributed by atoms with Crippen LogP contribution in [0.2, 0.25) is 0 Å². The maximum absolute atomic E-state index is 11.6. The van der Waals surface area contributed by atoms with E-state index in [0.29, 0.717) is 0 Å². The molecule has 0 aromatic rings. The summed E-state index contributed by atoms with van der Waals surface area (Å²) in [5.74, 6) is 3.63. The summed E-state index contributed by atoms with van der Waals surface area (Å²) in [6.07, 6.45) is 2.30. The van der Waals surface area contributed by atoms with Gasteiger partial charge in [-0.3, -0.25) is 4.79 Å². The first kappa shape index (κ1) is 10.3. The molecule has 14 heavy (non-hydrogen) atoms. The Morgan fingerprint density at radius 1 is 1.57 bits per heavy atom. The van der Waals surface area contributed by atoms with Crippen LogP contribution in [0.4, 0.5) is 0 Å². The van der Waals surface area contributed by atoms with Crippen molar-refractivity contribution in [3.63, 3.8) is 0 Å². The zero-order valence-electron chi connectivity index (χ0n) is 8.66. The first-order valence-corrected chi connectivity index (χ1v) is 6.49. The lowest BCUT2D eigenvalue weighted by Gasteiger charge is -2.14. The number of thioether (sulfide) groups is 1. The highest BCUT2D eigenvalue weighted by molar-refractivity contribution is 7.99. The van der Waals surface area contributed by atoms with Gasteiger partial charge in [0.25, 0.3) is 0 Å². The molecule has 0 radical (unpaired) electrons. The van der Waals surface area contributed by atoms with Gasteiger partial charge in [0.05, 0.1) is 6.04 Å². The quantitative estimate of drug-likeness (QED) is 0.745. The Morgan fingerprint density at radius 3 is 3.00 bits per heavy atom. The molecule has 4 heteroatoms. The molecule has 2 fully saturated rings. The van der Waals surface area contributed by atoms with Crippen molar-refractivity contribution >= 4 is 17.7 Å². The molecule has 1 amide bonds. The lowest BCUT2D eigenvalue weighted by molar-refractivity contribution is -0.128. The monoisotopic (exact) mass is 214 g/mol. The summed E-state index contributed by atoms with van der Waals surface area (Å²) in [7, 11) is 1.88. The fraction of sp³-hybridized carbons (Fsp3) is 0.900. The van der Waals surface area contributed by atoms with E-state index < -0.39 is 0 Å². The summed E-state index contributed by atoms with van der Waals surface area (Å²) in [6.45, 7) is 1.94. The number of carbonyl (C=O) groups is 1. The molecule has 2 rings (SSSR count). The van der Waals surface area contributed by atoms with E-state index in [9.17, 15) is 4.79 Å². The van der Waals surface area contributed by atoms with Gasteiger partial charge < -0.3 is 10.2 Å². The predicted octanol–water partition coefficient (Wildman–Crippen LogP) is 0.560. The van der Waals surface area contributed by atoms with Crippen LogP contribution in [0.15, 0.2) is 0 Å². The van der Waals surface area contributed by atoms with Gasteiger partial charge in [0.2, 0.25) is 5.91 Å². The van der Waals surface area contributed by atoms with Crippen LogP contribution in [0, 0.1) is 5.92 Å². The molecule has 0 spiro atoms. The molecule has 1 N–H and O–H groups in total. The highest BCUT2D eigenvalue weighted by atomic mass is 32.2. The molecular formula is C10H18N2OS. The summed E-state index contributed by atoms with van der Waals surface area (Å²) in [6, 6.07) is 0.102. The number of carbonyl (C=O) groups excluding carboxylic acids is 1. The Balaban J connectivity index is 1.72. The average molecular weight is 214 g/mol.